The quantitative estimate of drug-likeness (QED) is 0.634. The average molecular weight is 196 g/mol. The number of piperazine rings is 1. The number of hydrogen-bond acceptors (Lipinski definition) is 3. The minimum Gasteiger partial charge on any atom is -0.341 e. The first-order valence-corrected chi connectivity index (χ1v) is 4.79. The third-order valence-corrected chi connectivity index (χ3v) is 2.55. The van der Waals surface area contributed by atoms with Crippen molar-refractivity contribution in [3.63, 3.8) is 0 Å². The average Bonchev–Trinajstić information content (AvgIpc) is 2.27. The molecule has 1 saturated heterocycles. The molecule has 0 bridgehead atoms. The van der Waals surface area contributed by atoms with Gasteiger partial charge in [0.25, 0.3) is 0 Å². The Bertz CT molecular complexity index is 240. The van der Waals surface area contributed by atoms with Crippen LogP contribution in [0.15, 0.2) is 0 Å². The van der Waals surface area contributed by atoms with Crippen molar-refractivity contribution >= 4 is 6.03 Å². The van der Waals surface area contributed by atoms with Crippen molar-refractivity contribution in [1.82, 2.24) is 15.1 Å². The second kappa shape index (κ2) is 4.82. The van der Waals surface area contributed by atoms with Crippen molar-refractivity contribution in [1.29, 1.82) is 5.26 Å². The molecule has 0 spiro atoms. The maximum Gasteiger partial charge on any atom is 0.317 e. The standard InChI is InChI=1S/C9H16N4O/c1-8(7-10)12-3-5-13(6-4-12)9(14)11-2/h8H,3-6H2,1-2H3,(H,11,14). The molecular formula is C9H16N4O. The van der Waals surface area contributed by atoms with E-state index in [0.29, 0.717) is 13.1 Å². The minimum absolute atomic E-state index is 0.0331. The van der Waals surface area contributed by atoms with Gasteiger partial charge < -0.3 is 10.2 Å². The van der Waals surface area contributed by atoms with Gasteiger partial charge in [-0.1, -0.05) is 0 Å². The molecular weight excluding hydrogens is 180 g/mol. The van der Waals surface area contributed by atoms with Gasteiger partial charge in [0, 0.05) is 33.2 Å². The van der Waals surface area contributed by atoms with Gasteiger partial charge in [0.15, 0.2) is 0 Å². The molecule has 0 aromatic carbocycles. The smallest absolute Gasteiger partial charge is 0.317 e. The van der Waals surface area contributed by atoms with Crippen molar-refractivity contribution in [2.24, 2.45) is 0 Å². The molecule has 78 valence electrons. The molecule has 0 radical (unpaired) electrons. The fraction of sp³-hybridized carbons (Fsp3) is 0.778. The van der Waals surface area contributed by atoms with Gasteiger partial charge in [0.05, 0.1) is 12.1 Å². The lowest BCUT2D eigenvalue weighted by Gasteiger charge is -2.35. The van der Waals surface area contributed by atoms with E-state index in [2.05, 4.69) is 16.3 Å². The van der Waals surface area contributed by atoms with Crippen LogP contribution in [0, 0.1) is 11.3 Å². The SMILES string of the molecule is CNC(=O)N1CCN(C(C)C#N)CC1. The first-order chi connectivity index (χ1) is 6.69. The first kappa shape index (κ1) is 10.8. The van der Waals surface area contributed by atoms with Gasteiger partial charge in [0.1, 0.15) is 0 Å². The number of carbonyl (C=O) groups is 1. The van der Waals surface area contributed by atoms with E-state index in [1.54, 1.807) is 11.9 Å². The molecule has 1 aliphatic heterocycles. The summed E-state index contributed by atoms with van der Waals surface area (Å²) in [6, 6.07) is 2.11. The second-order valence-corrected chi connectivity index (χ2v) is 3.38. The van der Waals surface area contributed by atoms with Crippen LogP contribution in [0.2, 0.25) is 0 Å². The number of hydrogen-bond donors (Lipinski definition) is 1. The molecule has 1 fully saturated rings. The Morgan fingerprint density at radius 1 is 1.43 bits per heavy atom. The first-order valence-electron chi connectivity index (χ1n) is 4.79. The highest BCUT2D eigenvalue weighted by molar-refractivity contribution is 5.73. The van der Waals surface area contributed by atoms with Crippen LogP contribution in [0.25, 0.3) is 0 Å². The van der Waals surface area contributed by atoms with Gasteiger partial charge in [0.2, 0.25) is 0 Å². The number of carbonyl (C=O) groups excluding carboxylic acids is 1. The lowest BCUT2D eigenvalue weighted by molar-refractivity contribution is 0.130. The number of urea groups is 1. The van der Waals surface area contributed by atoms with Crippen LogP contribution in [0.4, 0.5) is 4.79 Å². The van der Waals surface area contributed by atoms with Crippen LogP contribution in [-0.2, 0) is 0 Å². The Morgan fingerprint density at radius 3 is 2.43 bits per heavy atom. The van der Waals surface area contributed by atoms with Gasteiger partial charge in [-0.15, -0.1) is 0 Å². The molecule has 14 heavy (non-hydrogen) atoms. The molecule has 2 amide bonds. The van der Waals surface area contributed by atoms with Crippen molar-refractivity contribution in [3.8, 4) is 6.07 Å². The number of nitrogens with zero attached hydrogens (tertiary/aromatic N) is 3. The molecule has 1 unspecified atom stereocenters. The topological polar surface area (TPSA) is 59.4 Å². The third-order valence-electron chi connectivity index (χ3n) is 2.55. The molecule has 1 rings (SSSR count). The fourth-order valence-electron chi connectivity index (χ4n) is 1.55. The summed E-state index contributed by atoms with van der Waals surface area (Å²) in [7, 11) is 1.63. The molecule has 5 nitrogen and oxygen atoms in total. The monoisotopic (exact) mass is 196 g/mol. The summed E-state index contributed by atoms with van der Waals surface area (Å²) in [6.07, 6.45) is 0. The van der Waals surface area contributed by atoms with E-state index < -0.39 is 0 Å². The van der Waals surface area contributed by atoms with E-state index >= 15 is 0 Å². The van der Waals surface area contributed by atoms with Crippen LogP contribution in [0.5, 0.6) is 0 Å². The van der Waals surface area contributed by atoms with Crippen LogP contribution in [0.3, 0.4) is 0 Å². The number of rotatable bonds is 1. The van der Waals surface area contributed by atoms with Gasteiger partial charge in [-0.2, -0.15) is 5.26 Å². The van der Waals surface area contributed by atoms with Crippen molar-refractivity contribution in [2.45, 2.75) is 13.0 Å². The van der Waals surface area contributed by atoms with Crippen LogP contribution < -0.4 is 5.32 Å². The molecule has 0 aromatic heterocycles. The Hall–Kier alpha value is -1.28. The van der Waals surface area contributed by atoms with Crippen LogP contribution in [0.1, 0.15) is 6.92 Å². The molecule has 5 heteroatoms. The maximum absolute atomic E-state index is 11.2. The lowest BCUT2D eigenvalue weighted by atomic mass is 10.2. The van der Waals surface area contributed by atoms with Crippen LogP contribution in [-0.4, -0.2) is 55.1 Å². The lowest BCUT2D eigenvalue weighted by Crippen LogP contribution is -2.53. The van der Waals surface area contributed by atoms with Crippen molar-refractivity contribution in [3.05, 3.63) is 0 Å². The molecule has 1 N–H and O–H groups in total. The zero-order valence-corrected chi connectivity index (χ0v) is 8.66. The Labute approximate surface area is 84.3 Å². The molecule has 0 aliphatic carbocycles. The highest BCUT2D eigenvalue weighted by Crippen LogP contribution is 2.05. The number of nitriles is 1. The molecule has 1 heterocycles. The molecule has 0 saturated carbocycles. The summed E-state index contributed by atoms with van der Waals surface area (Å²) in [6.45, 7) is 4.84. The van der Waals surface area contributed by atoms with Crippen LogP contribution >= 0.6 is 0 Å². The summed E-state index contributed by atoms with van der Waals surface area (Å²) in [5, 5.41) is 11.3. The zero-order chi connectivity index (χ0) is 10.6. The van der Waals surface area contributed by atoms with E-state index in [1.807, 2.05) is 6.92 Å². The normalized spacial score (nSPS) is 19.9. The van der Waals surface area contributed by atoms with E-state index in [-0.39, 0.29) is 12.1 Å². The minimum atomic E-state index is -0.0539. The van der Waals surface area contributed by atoms with E-state index in [4.69, 9.17) is 5.26 Å². The summed E-state index contributed by atoms with van der Waals surface area (Å²) in [5.74, 6) is 0. The predicted octanol–water partition coefficient (Wildman–Crippen LogP) is -0.145. The predicted molar refractivity (Wildman–Crippen MR) is 52.7 cm³/mol. The zero-order valence-electron chi connectivity index (χ0n) is 8.66. The maximum atomic E-state index is 11.2. The summed E-state index contributed by atoms with van der Waals surface area (Å²) < 4.78 is 0. The van der Waals surface area contributed by atoms with Gasteiger partial charge in [-0.05, 0) is 6.92 Å². The van der Waals surface area contributed by atoms with Gasteiger partial charge in [-0.25, -0.2) is 4.79 Å². The molecule has 0 aromatic rings. The third kappa shape index (κ3) is 2.36. The van der Waals surface area contributed by atoms with Gasteiger partial charge >= 0.3 is 6.03 Å². The number of amides is 2. The summed E-state index contributed by atoms with van der Waals surface area (Å²) in [5.41, 5.74) is 0. The number of nitrogens with one attached hydrogen (secondary N) is 1. The molecule has 1 aliphatic rings. The highest BCUT2D eigenvalue weighted by atomic mass is 16.2. The largest absolute Gasteiger partial charge is 0.341 e. The van der Waals surface area contributed by atoms with Crippen molar-refractivity contribution in [2.75, 3.05) is 33.2 Å². The van der Waals surface area contributed by atoms with Gasteiger partial charge in [-0.3, -0.25) is 4.90 Å². The Morgan fingerprint density at radius 2 is 2.00 bits per heavy atom. The molecule has 1 atom stereocenters. The fourth-order valence-corrected chi connectivity index (χ4v) is 1.55. The Kier molecular flexibility index (Phi) is 3.72. The highest BCUT2D eigenvalue weighted by Gasteiger charge is 2.22. The van der Waals surface area contributed by atoms with E-state index in [1.165, 1.54) is 0 Å². The van der Waals surface area contributed by atoms with Crippen molar-refractivity contribution < 1.29 is 4.79 Å². The second-order valence-electron chi connectivity index (χ2n) is 3.38. The van der Waals surface area contributed by atoms with E-state index in [0.717, 1.165) is 13.1 Å². The summed E-state index contributed by atoms with van der Waals surface area (Å²) >= 11 is 0. The summed E-state index contributed by atoms with van der Waals surface area (Å²) in [4.78, 5) is 15.1. The Balaban J connectivity index is 2.39. The van der Waals surface area contributed by atoms with E-state index in [9.17, 15) is 4.79 Å².